The summed E-state index contributed by atoms with van der Waals surface area (Å²) >= 11 is 0. The number of rotatable bonds is 8. The molecule has 6 nitrogen and oxygen atoms in total. The van der Waals surface area contributed by atoms with Crippen LogP contribution in [-0.2, 0) is 6.42 Å². The van der Waals surface area contributed by atoms with Crippen molar-refractivity contribution in [1.82, 2.24) is 4.90 Å². The first-order valence-electron chi connectivity index (χ1n) is 8.22. The Morgan fingerprint density at radius 3 is 1.92 bits per heavy atom. The van der Waals surface area contributed by atoms with Gasteiger partial charge in [0.05, 0.1) is 28.4 Å². The zero-order valence-corrected chi connectivity index (χ0v) is 15.9. The summed E-state index contributed by atoms with van der Waals surface area (Å²) < 4.78 is 21.2. The van der Waals surface area contributed by atoms with E-state index in [0.717, 1.165) is 11.3 Å². The van der Waals surface area contributed by atoms with Crippen molar-refractivity contribution in [3.63, 3.8) is 0 Å². The number of benzene rings is 2. The van der Waals surface area contributed by atoms with Gasteiger partial charge in [0.25, 0.3) is 5.91 Å². The molecule has 0 aromatic heterocycles. The Morgan fingerprint density at radius 1 is 0.885 bits per heavy atom. The van der Waals surface area contributed by atoms with Gasteiger partial charge >= 0.3 is 0 Å². The molecule has 2 rings (SSSR count). The van der Waals surface area contributed by atoms with Gasteiger partial charge in [0, 0.05) is 19.2 Å². The van der Waals surface area contributed by atoms with Gasteiger partial charge in [-0.3, -0.25) is 4.79 Å². The van der Waals surface area contributed by atoms with E-state index in [9.17, 15) is 4.79 Å². The maximum absolute atomic E-state index is 12.5. The minimum absolute atomic E-state index is 0.0416. The van der Waals surface area contributed by atoms with Gasteiger partial charge in [-0.1, -0.05) is 0 Å². The van der Waals surface area contributed by atoms with E-state index in [1.54, 1.807) is 64.7 Å². The fourth-order valence-electron chi connectivity index (χ4n) is 2.63. The lowest BCUT2D eigenvalue weighted by Gasteiger charge is -2.19. The lowest BCUT2D eigenvalue weighted by atomic mass is 10.1. The van der Waals surface area contributed by atoms with Gasteiger partial charge in [-0.2, -0.15) is 0 Å². The lowest BCUT2D eigenvalue weighted by Crippen LogP contribution is -2.28. The molecule has 0 bridgehead atoms. The van der Waals surface area contributed by atoms with Crippen LogP contribution >= 0.6 is 0 Å². The third-order valence-corrected chi connectivity index (χ3v) is 4.14. The number of carbonyl (C=O) groups is 1. The van der Waals surface area contributed by atoms with E-state index >= 15 is 0 Å². The van der Waals surface area contributed by atoms with Crippen LogP contribution in [0.4, 0.5) is 0 Å². The summed E-state index contributed by atoms with van der Waals surface area (Å²) in [6.45, 7) is 0.559. The fourth-order valence-corrected chi connectivity index (χ4v) is 2.63. The Balaban J connectivity index is 2.08. The van der Waals surface area contributed by atoms with Crippen molar-refractivity contribution in [2.45, 2.75) is 6.42 Å². The number of methoxy groups -OCH3 is 4. The molecule has 0 unspecified atom stereocenters. The summed E-state index contributed by atoms with van der Waals surface area (Å²) in [4.78, 5) is 14.2. The van der Waals surface area contributed by atoms with Crippen LogP contribution in [0.25, 0.3) is 0 Å². The first-order chi connectivity index (χ1) is 12.5. The Hall–Kier alpha value is -2.89. The van der Waals surface area contributed by atoms with Gasteiger partial charge in [0.15, 0.2) is 11.5 Å². The average molecular weight is 359 g/mol. The molecule has 26 heavy (non-hydrogen) atoms. The largest absolute Gasteiger partial charge is 0.497 e. The second kappa shape index (κ2) is 8.99. The fraction of sp³-hybridized carbons (Fsp3) is 0.350. The van der Waals surface area contributed by atoms with Gasteiger partial charge in [-0.15, -0.1) is 0 Å². The van der Waals surface area contributed by atoms with Crippen LogP contribution in [0.3, 0.4) is 0 Å². The van der Waals surface area contributed by atoms with Gasteiger partial charge in [-0.25, -0.2) is 0 Å². The molecule has 140 valence electrons. The van der Waals surface area contributed by atoms with E-state index in [1.807, 2.05) is 12.1 Å². The van der Waals surface area contributed by atoms with Crippen molar-refractivity contribution in [2.24, 2.45) is 0 Å². The Bertz CT molecular complexity index is 717. The Morgan fingerprint density at radius 2 is 1.46 bits per heavy atom. The number of ether oxygens (including phenoxy) is 4. The number of carbonyl (C=O) groups excluding carboxylic acids is 1. The van der Waals surface area contributed by atoms with E-state index in [0.29, 0.717) is 35.8 Å². The van der Waals surface area contributed by atoms with E-state index < -0.39 is 0 Å². The highest BCUT2D eigenvalue weighted by molar-refractivity contribution is 5.94. The molecule has 0 aliphatic heterocycles. The first-order valence-corrected chi connectivity index (χ1v) is 8.22. The highest BCUT2D eigenvalue weighted by Gasteiger charge is 2.15. The second-order valence-corrected chi connectivity index (χ2v) is 5.74. The van der Waals surface area contributed by atoms with Crippen LogP contribution in [0.2, 0.25) is 0 Å². The first kappa shape index (κ1) is 19.4. The van der Waals surface area contributed by atoms with Crippen LogP contribution < -0.4 is 18.9 Å². The third-order valence-electron chi connectivity index (χ3n) is 4.14. The minimum atomic E-state index is -0.0416. The zero-order valence-electron chi connectivity index (χ0n) is 15.9. The average Bonchev–Trinajstić information content (AvgIpc) is 2.70. The summed E-state index contributed by atoms with van der Waals surface area (Å²) in [6, 6.07) is 10.9. The summed E-state index contributed by atoms with van der Waals surface area (Å²) in [7, 11) is 8.12. The number of hydrogen-bond donors (Lipinski definition) is 0. The van der Waals surface area contributed by atoms with E-state index in [1.165, 1.54) is 0 Å². The predicted octanol–water partition coefficient (Wildman–Crippen LogP) is 3.04. The summed E-state index contributed by atoms with van der Waals surface area (Å²) in [5, 5.41) is 0. The van der Waals surface area contributed by atoms with E-state index in [4.69, 9.17) is 18.9 Å². The molecule has 0 aliphatic rings. The summed E-state index contributed by atoms with van der Waals surface area (Å²) in [5.41, 5.74) is 1.62. The molecular weight excluding hydrogens is 334 g/mol. The van der Waals surface area contributed by atoms with Crippen molar-refractivity contribution in [3.8, 4) is 23.0 Å². The van der Waals surface area contributed by atoms with Crippen LogP contribution in [-0.4, -0.2) is 52.8 Å². The standard InChI is InChI=1S/C20H25NO5/c1-21(20(22)15-6-8-16(23-2)9-7-15)11-10-14-12-17(24-3)19(26-5)18(13-14)25-4/h6-9,12-13H,10-11H2,1-5H3. The Kier molecular flexibility index (Phi) is 6.72. The van der Waals surface area contributed by atoms with Crippen LogP contribution in [0, 0.1) is 0 Å². The van der Waals surface area contributed by atoms with Crippen molar-refractivity contribution < 1.29 is 23.7 Å². The van der Waals surface area contributed by atoms with E-state index in [-0.39, 0.29) is 5.91 Å². The molecule has 0 heterocycles. The maximum Gasteiger partial charge on any atom is 0.253 e. The van der Waals surface area contributed by atoms with Gasteiger partial charge < -0.3 is 23.8 Å². The molecular formula is C20H25NO5. The smallest absolute Gasteiger partial charge is 0.253 e. The lowest BCUT2D eigenvalue weighted by molar-refractivity contribution is 0.0796. The third kappa shape index (κ3) is 4.39. The predicted molar refractivity (Wildman–Crippen MR) is 99.8 cm³/mol. The minimum Gasteiger partial charge on any atom is -0.497 e. The maximum atomic E-state index is 12.5. The Labute approximate surface area is 154 Å². The van der Waals surface area contributed by atoms with Gasteiger partial charge in [0.1, 0.15) is 5.75 Å². The molecule has 1 amide bonds. The van der Waals surface area contributed by atoms with Crippen LogP contribution in [0.1, 0.15) is 15.9 Å². The highest BCUT2D eigenvalue weighted by atomic mass is 16.5. The molecule has 2 aromatic rings. The number of amides is 1. The molecule has 6 heteroatoms. The quantitative estimate of drug-likeness (QED) is 0.725. The van der Waals surface area contributed by atoms with Gasteiger partial charge in [0.2, 0.25) is 5.75 Å². The molecule has 0 aliphatic carbocycles. The second-order valence-electron chi connectivity index (χ2n) is 5.74. The number of nitrogens with zero attached hydrogens (tertiary/aromatic N) is 1. The normalized spacial score (nSPS) is 10.2. The summed E-state index contributed by atoms with van der Waals surface area (Å²) in [5.74, 6) is 2.44. The topological polar surface area (TPSA) is 57.2 Å². The molecule has 0 fully saturated rings. The SMILES string of the molecule is COc1ccc(C(=O)N(C)CCc2cc(OC)c(OC)c(OC)c2)cc1. The summed E-state index contributed by atoms with van der Waals surface area (Å²) in [6.07, 6.45) is 0.662. The molecule has 0 saturated carbocycles. The highest BCUT2D eigenvalue weighted by Crippen LogP contribution is 2.38. The van der Waals surface area contributed by atoms with Crippen molar-refractivity contribution in [3.05, 3.63) is 47.5 Å². The molecule has 0 spiro atoms. The van der Waals surface area contributed by atoms with Crippen molar-refractivity contribution in [1.29, 1.82) is 0 Å². The van der Waals surface area contributed by atoms with Gasteiger partial charge in [-0.05, 0) is 48.4 Å². The molecule has 0 atom stereocenters. The van der Waals surface area contributed by atoms with Crippen molar-refractivity contribution in [2.75, 3.05) is 42.0 Å². The number of likely N-dealkylation sites (N-methyl/N-ethyl adjacent to an activating group) is 1. The molecule has 0 radical (unpaired) electrons. The molecule has 0 saturated heterocycles. The molecule has 0 N–H and O–H groups in total. The van der Waals surface area contributed by atoms with E-state index in [2.05, 4.69) is 0 Å². The monoisotopic (exact) mass is 359 g/mol. The van der Waals surface area contributed by atoms with Crippen molar-refractivity contribution >= 4 is 5.91 Å². The van der Waals surface area contributed by atoms with Crippen LogP contribution in [0.15, 0.2) is 36.4 Å². The van der Waals surface area contributed by atoms with Crippen LogP contribution in [0.5, 0.6) is 23.0 Å². The zero-order chi connectivity index (χ0) is 19.1. The molecule has 2 aromatic carbocycles. The number of hydrogen-bond acceptors (Lipinski definition) is 5.